The standard InChI is InChI=1S/C19H42OSi/c1-7-9-11-12-13-14-15-16-18-19(20-3,17-10-8-2)21(4,5)6/h7-18H2,1-6H3. The van der Waals surface area contributed by atoms with E-state index in [0.717, 1.165) is 0 Å². The Balaban J connectivity index is 4.07. The first-order chi connectivity index (χ1) is 9.93. The molecule has 2 heteroatoms. The summed E-state index contributed by atoms with van der Waals surface area (Å²) in [6, 6.07) is 0. The summed E-state index contributed by atoms with van der Waals surface area (Å²) in [6.45, 7) is 12.0. The molecule has 0 aliphatic carbocycles. The van der Waals surface area contributed by atoms with Crippen molar-refractivity contribution in [3.05, 3.63) is 0 Å². The average Bonchev–Trinajstić information content (AvgIpc) is 2.44. The molecule has 0 aliphatic rings. The van der Waals surface area contributed by atoms with Crippen LogP contribution in [0.4, 0.5) is 0 Å². The van der Waals surface area contributed by atoms with Gasteiger partial charge in [0.15, 0.2) is 0 Å². The van der Waals surface area contributed by atoms with Crippen molar-refractivity contribution in [3.8, 4) is 0 Å². The number of unbranched alkanes of at least 4 members (excludes halogenated alkanes) is 8. The zero-order valence-corrected chi connectivity index (χ0v) is 16.9. The summed E-state index contributed by atoms with van der Waals surface area (Å²) in [4.78, 5) is 0. The second-order valence-corrected chi connectivity index (χ2v) is 13.2. The SMILES string of the molecule is CCCCCCCCCCC(CCCC)(OC)[Si](C)(C)C. The molecule has 0 saturated heterocycles. The van der Waals surface area contributed by atoms with E-state index in [-0.39, 0.29) is 5.22 Å². The largest absolute Gasteiger partial charge is 0.382 e. The Morgan fingerprint density at radius 2 is 1.10 bits per heavy atom. The van der Waals surface area contributed by atoms with Crippen molar-refractivity contribution >= 4 is 8.07 Å². The molecule has 0 rings (SSSR count). The number of rotatable bonds is 14. The van der Waals surface area contributed by atoms with Crippen LogP contribution in [0.5, 0.6) is 0 Å². The van der Waals surface area contributed by atoms with Crippen LogP contribution in [0.2, 0.25) is 19.6 Å². The van der Waals surface area contributed by atoms with Gasteiger partial charge in [-0.3, -0.25) is 0 Å². The summed E-state index contributed by atoms with van der Waals surface area (Å²) in [7, 11) is 0.675. The van der Waals surface area contributed by atoms with Crippen molar-refractivity contribution in [2.24, 2.45) is 0 Å². The minimum absolute atomic E-state index is 0.214. The fourth-order valence-electron chi connectivity index (χ4n) is 3.39. The van der Waals surface area contributed by atoms with E-state index in [1.807, 2.05) is 7.11 Å². The molecule has 0 heterocycles. The van der Waals surface area contributed by atoms with Gasteiger partial charge in [0.05, 0.1) is 13.3 Å². The predicted molar refractivity (Wildman–Crippen MR) is 99.8 cm³/mol. The quantitative estimate of drug-likeness (QED) is 0.248. The van der Waals surface area contributed by atoms with Gasteiger partial charge in [-0.2, -0.15) is 0 Å². The Morgan fingerprint density at radius 3 is 1.52 bits per heavy atom. The summed E-state index contributed by atoms with van der Waals surface area (Å²) in [5.74, 6) is 0. The summed E-state index contributed by atoms with van der Waals surface area (Å²) in [5, 5.41) is 0.214. The number of hydrogen-bond acceptors (Lipinski definition) is 1. The highest BCUT2D eigenvalue weighted by atomic mass is 28.3. The van der Waals surface area contributed by atoms with E-state index in [0.29, 0.717) is 0 Å². The highest BCUT2D eigenvalue weighted by Crippen LogP contribution is 2.35. The minimum atomic E-state index is -1.28. The molecule has 1 nitrogen and oxygen atoms in total. The first kappa shape index (κ1) is 21.2. The van der Waals surface area contributed by atoms with Crippen molar-refractivity contribution in [1.82, 2.24) is 0 Å². The van der Waals surface area contributed by atoms with E-state index in [9.17, 15) is 0 Å². The van der Waals surface area contributed by atoms with Crippen LogP contribution in [0.15, 0.2) is 0 Å². The summed E-state index contributed by atoms with van der Waals surface area (Å²) in [6.07, 6.45) is 16.4. The highest BCUT2D eigenvalue weighted by molar-refractivity contribution is 6.79. The molecule has 0 aromatic rings. The molecule has 0 spiro atoms. The van der Waals surface area contributed by atoms with E-state index in [4.69, 9.17) is 4.74 Å². The van der Waals surface area contributed by atoms with Gasteiger partial charge in [-0.1, -0.05) is 97.7 Å². The Bertz CT molecular complexity index is 234. The number of ether oxygens (including phenoxy) is 1. The van der Waals surface area contributed by atoms with Gasteiger partial charge in [-0.05, 0) is 12.8 Å². The van der Waals surface area contributed by atoms with E-state index < -0.39 is 8.07 Å². The zero-order valence-electron chi connectivity index (χ0n) is 15.9. The van der Waals surface area contributed by atoms with Crippen LogP contribution in [-0.2, 0) is 4.74 Å². The Kier molecular flexibility index (Phi) is 11.8. The third-order valence-corrected chi connectivity index (χ3v) is 8.56. The molecule has 0 aromatic heterocycles. The molecule has 1 atom stereocenters. The summed E-state index contributed by atoms with van der Waals surface area (Å²) >= 11 is 0. The van der Waals surface area contributed by atoms with Gasteiger partial charge in [0.1, 0.15) is 0 Å². The molecule has 0 fully saturated rings. The lowest BCUT2D eigenvalue weighted by atomic mass is 10.0. The summed E-state index contributed by atoms with van der Waals surface area (Å²) in [5.41, 5.74) is 0. The lowest BCUT2D eigenvalue weighted by Gasteiger charge is -2.43. The normalized spacial score (nSPS) is 15.1. The lowest BCUT2D eigenvalue weighted by molar-refractivity contribution is 0.0340. The first-order valence-electron chi connectivity index (χ1n) is 9.48. The number of hydrogen-bond donors (Lipinski definition) is 0. The molecule has 0 radical (unpaired) electrons. The van der Waals surface area contributed by atoms with Crippen molar-refractivity contribution < 1.29 is 4.74 Å². The Morgan fingerprint density at radius 1 is 0.667 bits per heavy atom. The van der Waals surface area contributed by atoms with Crippen molar-refractivity contribution in [2.45, 2.75) is 116 Å². The maximum atomic E-state index is 6.13. The fraction of sp³-hybridized carbons (Fsp3) is 1.00. The maximum absolute atomic E-state index is 6.13. The second kappa shape index (κ2) is 11.7. The third kappa shape index (κ3) is 8.40. The van der Waals surface area contributed by atoms with E-state index in [1.165, 1.54) is 77.0 Å². The highest BCUT2D eigenvalue weighted by Gasteiger charge is 2.42. The van der Waals surface area contributed by atoms with Gasteiger partial charge >= 0.3 is 0 Å². The maximum Gasteiger partial charge on any atom is 0.0824 e. The molecule has 128 valence electrons. The van der Waals surface area contributed by atoms with Crippen LogP contribution in [-0.4, -0.2) is 20.4 Å². The van der Waals surface area contributed by atoms with Crippen LogP contribution in [0.25, 0.3) is 0 Å². The van der Waals surface area contributed by atoms with Crippen LogP contribution in [0.3, 0.4) is 0 Å². The molecule has 0 N–H and O–H groups in total. The molecule has 0 aliphatic heterocycles. The minimum Gasteiger partial charge on any atom is -0.382 e. The molecular formula is C19H42OSi. The van der Waals surface area contributed by atoms with E-state index in [2.05, 4.69) is 33.5 Å². The van der Waals surface area contributed by atoms with Crippen LogP contribution in [0.1, 0.15) is 90.9 Å². The first-order valence-corrected chi connectivity index (χ1v) is 13.0. The van der Waals surface area contributed by atoms with Gasteiger partial charge in [0, 0.05) is 7.11 Å². The Labute approximate surface area is 136 Å². The lowest BCUT2D eigenvalue weighted by Crippen LogP contribution is -2.53. The third-order valence-electron chi connectivity index (χ3n) is 5.13. The number of methoxy groups -OCH3 is 1. The topological polar surface area (TPSA) is 9.23 Å². The van der Waals surface area contributed by atoms with Crippen LogP contribution >= 0.6 is 0 Å². The molecule has 0 bridgehead atoms. The average molecular weight is 315 g/mol. The van der Waals surface area contributed by atoms with Crippen molar-refractivity contribution in [1.29, 1.82) is 0 Å². The molecule has 1 unspecified atom stereocenters. The van der Waals surface area contributed by atoms with E-state index >= 15 is 0 Å². The monoisotopic (exact) mass is 314 g/mol. The second-order valence-electron chi connectivity index (χ2n) is 7.78. The van der Waals surface area contributed by atoms with Gasteiger partial charge in [0.25, 0.3) is 0 Å². The van der Waals surface area contributed by atoms with Crippen LogP contribution < -0.4 is 0 Å². The zero-order chi connectivity index (χ0) is 16.2. The smallest absolute Gasteiger partial charge is 0.0824 e. The predicted octanol–water partition coefficient (Wildman–Crippen LogP) is 6.97. The van der Waals surface area contributed by atoms with Gasteiger partial charge in [-0.25, -0.2) is 0 Å². The van der Waals surface area contributed by atoms with E-state index in [1.54, 1.807) is 0 Å². The van der Waals surface area contributed by atoms with Crippen molar-refractivity contribution in [2.75, 3.05) is 7.11 Å². The van der Waals surface area contributed by atoms with Gasteiger partial charge in [-0.15, -0.1) is 0 Å². The fourth-order valence-corrected chi connectivity index (χ4v) is 5.86. The van der Waals surface area contributed by atoms with Crippen molar-refractivity contribution in [3.63, 3.8) is 0 Å². The van der Waals surface area contributed by atoms with Gasteiger partial charge < -0.3 is 4.74 Å². The van der Waals surface area contributed by atoms with Crippen LogP contribution in [0, 0.1) is 0 Å². The molecule has 0 aromatic carbocycles. The molecular weight excluding hydrogens is 272 g/mol. The molecule has 21 heavy (non-hydrogen) atoms. The molecule has 0 saturated carbocycles. The Hall–Kier alpha value is 0.177. The summed E-state index contributed by atoms with van der Waals surface area (Å²) < 4.78 is 6.13. The van der Waals surface area contributed by atoms with Gasteiger partial charge in [0.2, 0.25) is 0 Å². The molecule has 0 amide bonds.